The molecule has 0 bridgehead atoms. The molecule has 1 amide bonds. The van der Waals surface area contributed by atoms with Gasteiger partial charge in [-0.25, -0.2) is 13.2 Å². The number of fused-ring (bicyclic) bond motifs is 1. The minimum absolute atomic E-state index is 0.0147. The molecule has 8 heteroatoms. The highest BCUT2D eigenvalue weighted by Gasteiger charge is 2.36. The fourth-order valence-electron chi connectivity index (χ4n) is 4.35. The number of anilines is 1. The molecule has 1 N–H and O–H groups in total. The first-order valence-electron chi connectivity index (χ1n) is 10.5. The van der Waals surface area contributed by atoms with E-state index in [9.17, 15) is 18.0 Å². The van der Waals surface area contributed by atoms with Gasteiger partial charge in [-0.05, 0) is 56.0 Å². The Morgan fingerprint density at radius 3 is 2.61 bits per heavy atom. The molecule has 1 aliphatic heterocycles. The number of para-hydroxylation sites is 1. The quantitative estimate of drug-likeness (QED) is 0.694. The fraction of sp³-hybridized carbons (Fsp3) is 0.391. The van der Waals surface area contributed by atoms with Gasteiger partial charge >= 0.3 is 5.97 Å². The highest BCUT2D eigenvalue weighted by Crippen LogP contribution is 2.36. The van der Waals surface area contributed by atoms with E-state index in [1.54, 1.807) is 6.07 Å². The zero-order chi connectivity index (χ0) is 22.0. The largest absolute Gasteiger partial charge is 0.452 e. The molecular weight excluding hydrogens is 416 g/mol. The molecule has 2 aliphatic rings. The molecule has 0 saturated heterocycles. The lowest BCUT2D eigenvalue weighted by Gasteiger charge is -2.24. The summed E-state index contributed by atoms with van der Waals surface area (Å²) in [6, 6.07) is 13.1. The van der Waals surface area contributed by atoms with Gasteiger partial charge in [-0.1, -0.05) is 37.1 Å². The van der Waals surface area contributed by atoms with Crippen LogP contribution in [0, 0.1) is 0 Å². The van der Waals surface area contributed by atoms with E-state index in [0.717, 1.165) is 31.2 Å². The third-order valence-corrected chi connectivity index (χ3v) is 7.75. The summed E-state index contributed by atoms with van der Waals surface area (Å²) in [5.41, 5.74) is 1.73. The predicted octanol–water partition coefficient (Wildman–Crippen LogP) is 3.04. The number of ether oxygens (including phenoxy) is 1. The van der Waals surface area contributed by atoms with E-state index in [1.165, 1.54) is 28.6 Å². The number of benzene rings is 2. The summed E-state index contributed by atoms with van der Waals surface area (Å²) < 4.78 is 33.2. The van der Waals surface area contributed by atoms with Crippen LogP contribution in [0.15, 0.2) is 53.4 Å². The van der Waals surface area contributed by atoms with Crippen molar-refractivity contribution < 1.29 is 22.7 Å². The smallest absolute Gasteiger partial charge is 0.338 e. The van der Waals surface area contributed by atoms with E-state index < -0.39 is 16.0 Å². The Hall–Kier alpha value is -2.87. The Morgan fingerprint density at radius 1 is 1.10 bits per heavy atom. The zero-order valence-corrected chi connectivity index (χ0v) is 18.2. The number of nitrogens with one attached hydrogen (secondary N) is 1. The van der Waals surface area contributed by atoms with E-state index in [4.69, 9.17) is 4.74 Å². The van der Waals surface area contributed by atoms with Crippen LogP contribution in [-0.4, -0.2) is 39.0 Å². The molecule has 7 nitrogen and oxygen atoms in total. The molecule has 0 spiro atoms. The van der Waals surface area contributed by atoms with Crippen LogP contribution in [0.5, 0.6) is 0 Å². The third-order valence-electron chi connectivity index (χ3n) is 5.83. The topological polar surface area (TPSA) is 92.8 Å². The second-order valence-electron chi connectivity index (χ2n) is 8.14. The summed E-state index contributed by atoms with van der Waals surface area (Å²) >= 11 is 0. The lowest BCUT2D eigenvalue weighted by atomic mass is 10.1. The van der Waals surface area contributed by atoms with Crippen LogP contribution in [0.1, 0.15) is 48.5 Å². The Kier molecular flexibility index (Phi) is 6.00. The molecule has 1 fully saturated rings. The standard InChI is InChI=1S/C23H26N2O5S/c1-16-13-17-7-2-5-12-21(17)25(16)31(28,29)20-11-6-8-18(14-20)23(27)30-15-22(26)24-19-9-3-4-10-19/h2,5-8,11-12,14,16,19H,3-4,9-10,13,15H2,1H3,(H,24,26)/t16-/m0/s1. The van der Waals surface area contributed by atoms with Crippen LogP contribution in [-0.2, 0) is 26.0 Å². The lowest BCUT2D eigenvalue weighted by molar-refractivity contribution is -0.124. The van der Waals surface area contributed by atoms with Crippen LogP contribution < -0.4 is 9.62 Å². The Morgan fingerprint density at radius 2 is 1.84 bits per heavy atom. The monoisotopic (exact) mass is 442 g/mol. The number of hydrogen-bond acceptors (Lipinski definition) is 5. The first kappa shape index (κ1) is 21.4. The van der Waals surface area contributed by atoms with Gasteiger partial charge < -0.3 is 10.1 Å². The molecule has 1 saturated carbocycles. The average Bonchev–Trinajstić information content (AvgIpc) is 3.38. The van der Waals surface area contributed by atoms with Crippen LogP contribution >= 0.6 is 0 Å². The summed E-state index contributed by atoms with van der Waals surface area (Å²) in [6.45, 7) is 1.47. The summed E-state index contributed by atoms with van der Waals surface area (Å²) in [5, 5.41) is 2.85. The summed E-state index contributed by atoms with van der Waals surface area (Å²) in [6.07, 6.45) is 4.70. The fourth-order valence-corrected chi connectivity index (χ4v) is 6.09. The van der Waals surface area contributed by atoms with E-state index in [-0.39, 0.29) is 35.1 Å². The molecule has 164 valence electrons. The van der Waals surface area contributed by atoms with Crippen molar-refractivity contribution in [1.82, 2.24) is 5.32 Å². The van der Waals surface area contributed by atoms with Crippen molar-refractivity contribution >= 4 is 27.6 Å². The maximum atomic E-state index is 13.4. The van der Waals surface area contributed by atoms with Gasteiger partial charge in [-0.15, -0.1) is 0 Å². The van der Waals surface area contributed by atoms with Gasteiger partial charge in [-0.2, -0.15) is 0 Å². The maximum Gasteiger partial charge on any atom is 0.338 e. The molecule has 2 aromatic carbocycles. The molecule has 0 unspecified atom stereocenters. The average molecular weight is 443 g/mol. The second kappa shape index (κ2) is 8.70. The minimum Gasteiger partial charge on any atom is -0.452 e. The van der Waals surface area contributed by atoms with Crippen molar-refractivity contribution in [3.05, 3.63) is 59.7 Å². The normalized spacial score (nSPS) is 18.6. The number of amides is 1. The molecule has 0 radical (unpaired) electrons. The summed E-state index contributed by atoms with van der Waals surface area (Å²) in [4.78, 5) is 24.5. The molecule has 31 heavy (non-hydrogen) atoms. The van der Waals surface area contributed by atoms with Gasteiger partial charge in [0.15, 0.2) is 6.61 Å². The van der Waals surface area contributed by atoms with Crippen molar-refractivity contribution in [2.24, 2.45) is 0 Å². The summed E-state index contributed by atoms with van der Waals surface area (Å²) in [7, 11) is -3.86. The van der Waals surface area contributed by atoms with Gasteiger partial charge in [0.25, 0.3) is 15.9 Å². The first-order chi connectivity index (χ1) is 14.9. The van der Waals surface area contributed by atoms with Crippen LogP contribution in [0.25, 0.3) is 0 Å². The Balaban J connectivity index is 1.47. The molecule has 0 aromatic heterocycles. The predicted molar refractivity (Wildman–Crippen MR) is 116 cm³/mol. The summed E-state index contributed by atoms with van der Waals surface area (Å²) in [5.74, 6) is -1.07. The van der Waals surface area contributed by atoms with E-state index in [1.807, 2.05) is 25.1 Å². The lowest BCUT2D eigenvalue weighted by Crippen LogP contribution is -2.36. The second-order valence-corrected chi connectivity index (χ2v) is 9.95. The van der Waals surface area contributed by atoms with Gasteiger partial charge in [-0.3, -0.25) is 9.10 Å². The Labute approximate surface area is 182 Å². The minimum atomic E-state index is -3.86. The number of carbonyl (C=O) groups is 2. The highest BCUT2D eigenvalue weighted by atomic mass is 32.2. The van der Waals surface area contributed by atoms with Crippen LogP contribution in [0.2, 0.25) is 0 Å². The van der Waals surface area contributed by atoms with E-state index >= 15 is 0 Å². The SMILES string of the molecule is C[C@H]1Cc2ccccc2N1S(=O)(=O)c1cccc(C(=O)OCC(=O)NC2CCCC2)c1. The molecule has 1 aliphatic carbocycles. The maximum absolute atomic E-state index is 13.4. The molecule has 4 rings (SSSR count). The van der Waals surface area contributed by atoms with E-state index in [0.29, 0.717) is 12.1 Å². The number of rotatable bonds is 6. The van der Waals surface area contributed by atoms with Crippen molar-refractivity contribution in [3.63, 3.8) is 0 Å². The van der Waals surface area contributed by atoms with Crippen molar-refractivity contribution in [2.45, 2.75) is 56.0 Å². The molecule has 1 heterocycles. The number of carbonyl (C=O) groups excluding carboxylic acids is 2. The van der Waals surface area contributed by atoms with Crippen molar-refractivity contribution in [2.75, 3.05) is 10.9 Å². The van der Waals surface area contributed by atoms with Gasteiger partial charge in [0.05, 0.1) is 16.1 Å². The first-order valence-corrected chi connectivity index (χ1v) is 12.0. The Bertz CT molecular complexity index is 1090. The van der Waals surface area contributed by atoms with Gasteiger partial charge in [0, 0.05) is 12.1 Å². The number of nitrogens with zero attached hydrogens (tertiary/aromatic N) is 1. The highest BCUT2D eigenvalue weighted by molar-refractivity contribution is 7.92. The van der Waals surface area contributed by atoms with Crippen molar-refractivity contribution in [3.8, 4) is 0 Å². The van der Waals surface area contributed by atoms with Gasteiger partial charge in [0.2, 0.25) is 0 Å². The number of sulfonamides is 1. The zero-order valence-electron chi connectivity index (χ0n) is 17.4. The third kappa shape index (κ3) is 4.44. The molecular formula is C23H26N2O5S. The number of esters is 1. The molecule has 2 aromatic rings. The van der Waals surface area contributed by atoms with Gasteiger partial charge in [0.1, 0.15) is 0 Å². The number of hydrogen-bond donors (Lipinski definition) is 1. The van der Waals surface area contributed by atoms with E-state index in [2.05, 4.69) is 5.32 Å². The van der Waals surface area contributed by atoms with Crippen LogP contribution in [0.4, 0.5) is 5.69 Å². The van der Waals surface area contributed by atoms with Crippen LogP contribution in [0.3, 0.4) is 0 Å². The van der Waals surface area contributed by atoms with Crippen molar-refractivity contribution in [1.29, 1.82) is 0 Å². The molecule has 1 atom stereocenters.